The molecule has 0 aromatic carbocycles. The average molecular weight is 321 g/mol. The van der Waals surface area contributed by atoms with E-state index in [1.54, 1.807) is 18.4 Å². The molecule has 118 valence electrons. The summed E-state index contributed by atoms with van der Waals surface area (Å²) in [7, 11) is 1.57. The lowest BCUT2D eigenvalue weighted by molar-refractivity contribution is -0.138. The summed E-state index contributed by atoms with van der Waals surface area (Å²) >= 11 is 1.73. The van der Waals surface area contributed by atoms with E-state index in [-0.39, 0.29) is 37.0 Å². The number of thiophene rings is 1. The molecule has 4 amide bonds. The fraction of sp³-hybridized carbons (Fsp3) is 0.533. The van der Waals surface area contributed by atoms with Crippen LogP contribution in [0.2, 0.25) is 0 Å². The van der Waals surface area contributed by atoms with Crippen molar-refractivity contribution >= 4 is 29.2 Å². The van der Waals surface area contributed by atoms with Gasteiger partial charge < -0.3 is 9.80 Å². The molecule has 1 fully saturated rings. The van der Waals surface area contributed by atoms with Crippen molar-refractivity contribution in [2.75, 3.05) is 26.7 Å². The molecule has 7 heteroatoms. The van der Waals surface area contributed by atoms with E-state index in [0.717, 1.165) is 17.7 Å². The van der Waals surface area contributed by atoms with Crippen LogP contribution in [-0.4, -0.2) is 59.2 Å². The summed E-state index contributed by atoms with van der Waals surface area (Å²) in [5.74, 6) is -0.456. The third-order valence-electron chi connectivity index (χ3n) is 4.33. The summed E-state index contributed by atoms with van der Waals surface area (Å²) in [5.41, 5.74) is 1.21. The Bertz CT molecular complexity index is 627. The second kappa shape index (κ2) is 5.72. The number of carbonyl (C=O) groups excluding carboxylic acids is 3. The lowest BCUT2D eigenvalue weighted by Gasteiger charge is -2.36. The van der Waals surface area contributed by atoms with Gasteiger partial charge in [0.05, 0.1) is 6.04 Å². The van der Waals surface area contributed by atoms with Crippen LogP contribution in [0.4, 0.5) is 4.79 Å². The Hall–Kier alpha value is -1.89. The second-order valence-electron chi connectivity index (χ2n) is 5.68. The van der Waals surface area contributed by atoms with Crippen molar-refractivity contribution < 1.29 is 14.4 Å². The summed E-state index contributed by atoms with van der Waals surface area (Å²) in [6.45, 7) is 2.60. The number of nitrogens with zero attached hydrogens (tertiary/aromatic N) is 3. The Kier molecular flexibility index (Phi) is 3.90. The smallest absolute Gasteiger partial charge is 0.327 e. The number of likely N-dealkylation sites (N-methyl/N-ethyl adjacent to an activating group) is 1. The van der Waals surface area contributed by atoms with Crippen LogP contribution in [0, 0.1) is 0 Å². The van der Waals surface area contributed by atoms with Gasteiger partial charge >= 0.3 is 6.03 Å². The maximum atomic E-state index is 12.6. The highest BCUT2D eigenvalue weighted by Gasteiger charge is 2.37. The number of hydrogen-bond donors (Lipinski definition) is 0. The Morgan fingerprint density at radius 1 is 1.41 bits per heavy atom. The molecular formula is C15H19N3O3S. The first kappa shape index (κ1) is 15.0. The molecule has 6 nitrogen and oxygen atoms in total. The molecule has 22 heavy (non-hydrogen) atoms. The first-order valence-corrected chi connectivity index (χ1v) is 8.32. The third kappa shape index (κ3) is 2.39. The molecular weight excluding hydrogens is 302 g/mol. The molecule has 0 aliphatic carbocycles. The van der Waals surface area contributed by atoms with E-state index in [9.17, 15) is 14.4 Å². The summed E-state index contributed by atoms with van der Waals surface area (Å²) < 4.78 is 0. The topological polar surface area (TPSA) is 60.9 Å². The van der Waals surface area contributed by atoms with Gasteiger partial charge in [0.25, 0.3) is 5.91 Å². The van der Waals surface area contributed by atoms with Crippen LogP contribution in [0.15, 0.2) is 11.4 Å². The minimum atomic E-state index is -0.389. The SMILES string of the molecule is CCC1c2ccsc2CCN1C(=O)CN1C(=O)CN(C)C1=O. The molecule has 2 aliphatic heterocycles. The number of urea groups is 1. The number of amides is 4. The molecule has 1 unspecified atom stereocenters. The predicted octanol–water partition coefficient (Wildman–Crippen LogP) is 1.48. The zero-order valence-electron chi connectivity index (χ0n) is 12.7. The monoisotopic (exact) mass is 321 g/mol. The van der Waals surface area contributed by atoms with Crippen molar-refractivity contribution in [2.45, 2.75) is 25.8 Å². The van der Waals surface area contributed by atoms with Crippen molar-refractivity contribution in [3.63, 3.8) is 0 Å². The molecule has 1 atom stereocenters. The number of imide groups is 1. The van der Waals surface area contributed by atoms with Gasteiger partial charge in [-0.05, 0) is 29.9 Å². The van der Waals surface area contributed by atoms with E-state index in [1.807, 2.05) is 4.90 Å². The largest absolute Gasteiger partial charge is 0.334 e. The Morgan fingerprint density at radius 3 is 2.82 bits per heavy atom. The van der Waals surface area contributed by atoms with Crippen LogP contribution < -0.4 is 0 Å². The van der Waals surface area contributed by atoms with E-state index >= 15 is 0 Å². The van der Waals surface area contributed by atoms with Gasteiger partial charge in [0.2, 0.25) is 5.91 Å². The van der Waals surface area contributed by atoms with E-state index in [2.05, 4.69) is 18.4 Å². The summed E-state index contributed by atoms with van der Waals surface area (Å²) in [4.78, 5) is 41.9. The fourth-order valence-electron chi connectivity index (χ4n) is 3.19. The second-order valence-corrected chi connectivity index (χ2v) is 6.68. The lowest BCUT2D eigenvalue weighted by atomic mass is 9.97. The Morgan fingerprint density at radius 2 is 2.18 bits per heavy atom. The average Bonchev–Trinajstić information content (AvgIpc) is 3.06. The number of carbonyl (C=O) groups is 3. The van der Waals surface area contributed by atoms with E-state index in [0.29, 0.717) is 6.54 Å². The van der Waals surface area contributed by atoms with Gasteiger partial charge in [-0.25, -0.2) is 4.79 Å². The summed E-state index contributed by atoms with van der Waals surface area (Å²) in [5, 5.41) is 2.06. The maximum Gasteiger partial charge on any atom is 0.327 e. The minimum Gasteiger partial charge on any atom is -0.334 e. The van der Waals surface area contributed by atoms with Gasteiger partial charge in [-0.1, -0.05) is 6.92 Å². The van der Waals surface area contributed by atoms with Crippen molar-refractivity contribution in [1.82, 2.24) is 14.7 Å². The van der Waals surface area contributed by atoms with Crippen LogP contribution >= 0.6 is 11.3 Å². The maximum absolute atomic E-state index is 12.6. The Balaban J connectivity index is 1.75. The molecule has 1 saturated heterocycles. The van der Waals surface area contributed by atoms with E-state index < -0.39 is 0 Å². The van der Waals surface area contributed by atoms with Gasteiger partial charge in [0.15, 0.2) is 0 Å². The molecule has 0 radical (unpaired) electrons. The van der Waals surface area contributed by atoms with Crippen LogP contribution in [0.25, 0.3) is 0 Å². The van der Waals surface area contributed by atoms with Gasteiger partial charge in [-0.3, -0.25) is 14.5 Å². The Labute approximate surface area is 133 Å². The van der Waals surface area contributed by atoms with Crippen molar-refractivity contribution in [2.24, 2.45) is 0 Å². The van der Waals surface area contributed by atoms with Gasteiger partial charge in [-0.2, -0.15) is 0 Å². The predicted molar refractivity (Wildman–Crippen MR) is 82.5 cm³/mol. The lowest BCUT2D eigenvalue weighted by Crippen LogP contribution is -2.46. The molecule has 0 spiro atoms. The van der Waals surface area contributed by atoms with Crippen molar-refractivity contribution in [1.29, 1.82) is 0 Å². The van der Waals surface area contributed by atoms with Crippen molar-refractivity contribution in [3.8, 4) is 0 Å². The van der Waals surface area contributed by atoms with Crippen LogP contribution in [-0.2, 0) is 16.0 Å². The zero-order valence-corrected chi connectivity index (χ0v) is 13.6. The first-order chi connectivity index (χ1) is 10.5. The zero-order chi connectivity index (χ0) is 15.9. The highest BCUT2D eigenvalue weighted by atomic mass is 32.1. The summed E-state index contributed by atoms with van der Waals surface area (Å²) in [6.07, 6.45) is 1.67. The number of rotatable bonds is 3. The third-order valence-corrected chi connectivity index (χ3v) is 5.32. The molecule has 2 aliphatic rings. The van der Waals surface area contributed by atoms with Gasteiger partial charge in [0.1, 0.15) is 13.1 Å². The number of fused-ring (bicyclic) bond motifs is 1. The minimum absolute atomic E-state index is 0.0491. The van der Waals surface area contributed by atoms with Crippen LogP contribution in [0.1, 0.15) is 29.8 Å². The normalized spacial score (nSPS) is 21.5. The van der Waals surface area contributed by atoms with Crippen LogP contribution in [0.3, 0.4) is 0 Å². The fourth-order valence-corrected chi connectivity index (χ4v) is 4.11. The molecule has 1 aromatic rings. The standard InChI is InChI=1S/C15H19N3O3S/c1-3-11-10-5-7-22-12(10)4-6-17(11)14(20)9-18-13(19)8-16(2)15(18)21/h5,7,11H,3-4,6,8-9H2,1-2H3. The summed E-state index contributed by atoms with van der Waals surface area (Å²) in [6, 6.07) is 1.74. The first-order valence-electron chi connectivity index (χ1n) is 7.44. The quantitative estimate of drug-likeness (QED) is 0.792. The highest BCUT2D eigenvalue weighted by molar-refractivity contribution is 7.10. The highest BCUT2D eigenvalue weighted by Crippen LogP contribution is 2.35. The van der Waals surface area contributed by atoms with E-state index in [4.69, 9.17) is 0 Å². The van der Waals surface area contributed by atoms with Gasteiger partial charge in [0, 0.05) is 18.5 Å². The van der Waals surface area contributed by atoms with Crippen molar-refractivity contribution in [3.05, 3.63) is 21.9 Å². The molecule has 0 bridgehead atoms. The van der Waals surface area contributed by atoms with Gasteiger partial charge in [-0.15, -0.1) is 11.3 Å². The molecule has 0 N–H and O–H groups in total. The van der Waals surface area contributed by atoms with Crippen LogP contribution in [0.5, 0.6) is 0 Å². The molecule has 3 heterocycles. The molecule has 3 rings (SSSR count). The molecule has 1 aromatic heterocycles. The molecule has 0 saturated carbocycles. The number of hydrogen-bond acceptors (Lipinski definition) is 4. The van der Waals surface area contributed by atoms with E-state index in [1.165, 1.54) is 15.3 Å².